The smallest absolute Gasteiger partial charge is 0.0254 e. The molecule has 0 saturated heterocycles. The molecule has 0 spiro atoms. The first-order valence-corrected chi connectivity index (χ1v) is 4.83. The average molecular weight is 166 g/mol. The van der Waals surface area contributed by atoms with Crippen LogP contribution in [0.3, 0.4) is 0 Å². The molecule has 0 atom stereocenters. The number of allylic oxidation sites excluding steroid dienone is 4. The fourth-order valence-corrected chi connectivity index (χ4v) is 1.67. The molecular weight excluding hydrogens is 144 g/mol. The Morgan fingerprint density at radius 2 is 1.67 bits per heavy atom. The summed E-state index contributed by atoms with van der Waals surface area (Å²) in [6.07, 6.45) is 3.45. The minimum absolute atomic E-state index is 0.686. The molecule has 0 saturated carbocycles. The summed E-state index contributed by atoms with van der Waals surface area (Å²) in [6, 6.07) is 0. The van der Waals surface area contributed by atoms with Crippen molar-refractivity contribution in [2.75, 3.05) is 0 Å². The van der Waals surface area contributed by atoms with E-state index in [4.69, 9.17) is 0 Å². The van der Waals surface area contributed by atoms with Gasteiger partial charge in [-0.05, 0) is 33.1 Å². The van der Waals surface area contributed by atoms with Crippen molar-refractivity contribution in [3.8, 4) is 0 Å². The van der Waals surface area contributed by atoms with E-state index < -0.39 is 0 Å². The lowest BCUT2D eigenvalue weighted by atomic mass is 9.95. The van der Waals surface area contributed by atoms with Crippen molar-refractivity contribution in [1.82, 2.24) is 0 Å². The molecule has 0 aromatic rings. The van der Waals surface area contributed by atoms with Gasteiger partial charge in [-0.25, -0.2) is 0 Å². The highest BCUT2D eigenvalue weighted by Gasteiger charge is 2.02. The van der Waals surface area contributed by atoms with Gasteiger partial charge in [0.25, 0.3) is 0 Å². The molecule has 70 valence electrons. The summed E-state index contributed by atoms with van der Waals surface area (Å²) in [6.45, 7) is 13.3. The second-order valence-electron chi connectivity index (χ2n) is 3.94. The Balaban J connectivity index is 4.73. The molecule has 12 heavy (non-hydrogen) atoms. The van der Waals surface area contributed by atoms with Crippen LogP contribution in [-0.4, -0.2) is 0 Å². The molecule has 0 fully saturated rings. The molecule has 0 N–H and O–H groups in total. The summed E-state index contributed by atoms with van der Waals surface area (Å²) in [5.41, 5.74) is 4.42. The number of rotatable bonds is 3. The summed E-state index contributed by atoms with van der Waals surface area (Å²) in [7, 11) is 0. The van der Waals surface area contributed by atoms with Crippen molar-refractivity contribution < 1.29 is 0 Å². The SMILES string of the molecule is CC/C(=C(\C)C=C(C)C)C(C)C. The van der Waals surface area contributed by atoms with Crippen molar-refractivity contribution >= 4 is 0 Å². The van der Waals surface area contributed by atoms with Crippen LogP contribution < -0.4 is 0 Å². The van der Waals surface area contributed by atoms with Gasteiger partial charge in [-0.3, -0.25) is 0 Å². The zero-order valence-electron chi connectivity index (χ0n) is 9.36. The van der Waals surface area contributed by atoms with E-state index in [9.17, 15) is 0 Å². The van der Waals surface area contributed by atoms with E-state index >= 15 is 0 Å². The molecule has 0 aromatic heterocycles. The third-order valence-corrected chi connectivity index (χ3v) is 2.09. The van der Waals surface area contributed by atoms with Gasteiger partial charge in [0.1, 0.15) is 0 Å². The van der Waals surface area contributed by atoms with Crippen LogP contribution in [-0.2, 0) is 0 Å². The Morgan fingerprint density at radius 1 is 1.17 bits per heavy atom. The van der Waals surface area contributed by atoms with Crippen LogP contribution in [0.1, 0.15) is 48.0 Å². The summed E-state index contributed by atoms with van der Waals surface area (Å²) in [5.74, 6) is 0.686. The summed E-state index contributed by atoms with van der Waals surface area (Å²) in [5, 5.41) is 0. The monoisotopic (exact) mass is 166 g/mol. The van der Waals surface area contributed by atoms with Gasteiger partial charge in [-0.1, -0.05) is 43.6 Å². The highest BCUT2D eigenvalue weighted by atomic mass is 14.1. The van der Waals surface area contributed by atoms with Gasteiger partial charge in [0.2, 0.25) is 0 Å². The maximum Gasteiger partial charge on any atom is -0.0254 e. The Bertz CT molecular complexity index is 188. The van der Waals surface area contributed by atoms with Gasteiger partial charge < -0.3 is 0 Å². The highest BCUT2D eigenvalue weighted by Crippen LogP contribution is 2.19. The highest BCUT2D eigenvalue weighted by molar-refractivity contribution is 5.26. The van der Waals surface area contributed by atoms with Gasteiger partial charge in [0.15, 0.2) is 0 Å². The summed E-state index contributed by atoms with van der Waals surface area (Å²) in [4.78, 5) is 0. The predicted octanol–water partition coefficient (Wildman–Crippen LogP) is 4.34. The minimum Gasteiger partial charge on any atom is -0.0762 e. The van der Waals surface area contributed by atoms with E-state index in [0.29, 0.717) is 5.92 Å². The zero-order valence-corrected chi connectivity index (χ0v) is 9.36. The fourth-order valence-electron chi connectivity index (χ4n) is 1.67. The summed E-state index contributed by atoms with van der Waals surface area (Å²) >= 11 is 0. The van der Waals surface area contributed by atoms with Crippen LogP contribution in [0.15, 0.2) is 22.8 Å². The minimum atomic E-state index is 0.686. The lowest BCUT2D eigenvalue weighted by molar-refractivity contribution is 0.723. The molecule has 0 amide bonds. The molecule has 0 nitrogen and oxygen atoms in total. The molecular formula is C12H22. The third-order valence-electron chi connectivity index (χ3n) is 2.09. The molecule has 0 aliphatic carbocycles. The Morgan fingerprint density at radius 3 is 1.92 bits per heavy atom. The Kier molecular flexibility index (Phi) is 4.96. The first-order chi connectivity index (χ1) is 5.49. The van der Waals surface area contributed by atoms with Crippen molar-refractivity contribution in [3.05, 3.63) is 22.8 Å². The van der Waals surface area contributed by atoms with Crippen molar-refractivity contribution in [2.45, 2.75) is 48.0 Å². The topological polar surface area (TPSA) is 0 Å². The molecule has 0 heterocycles. The third kappa shape index (κ3) is 3.75. The number of hydrogen-bond acceptors (Lipinski definition) is 0. The standard InChI is InChI=1S/C12H22/c1-7-12(10(4)5)11(6)8-9(2)3/h8,10H,7H2,1-6H3/b12-11-. The number of hydrogen-bond donors (Lipinski definition) is 0. The van der Waals surface area contributed by atoms with Crippen LogP contribution in [0, 0.1) is 5.92 Å². The Hall–Kier alpha value is -0.520. The molecule has 0 bridgehead atoms. The first-order valence-electron chi connectivity index (χ1n) is 4.83. The molecule has 0 radical (unpaired) electrons. The predicted molar refractivity (Wildman–Crippen MR) is 57.3 cm³/mol. The van der Waals surface area contributed by atoms with Gasteiger partial charge in [0, 0.05) is 0 Å². The van der Waals surface area contributed by atoms with Gasteiger partial charge >= 0.3 is 0 Å². The first kappa shape index (κ1) is 11.5. The zero-order chi connectivity index (χ0) is 9.72. The fraction of sp³-hybridized carbons (Fsp3) is 0.667. The quantitative estimate of drug-likeness (QED) is 0.547. The van der Waals surface area contributed by atoms with E-state index in [-0.39, 0.29) is 0 Å². The molecule has 0 aliphatic rings. The second-order valence-corrected chi connectivity index (χ2v) is 3.94. The maximum atomic E-state index is 2.28. The molecule has 0 aliphatic heterocycles. The van der Waals surface area contributed by atoms with E-state index in [1.54, 1.807) is 5.57 Å². The van der Waals surface area contributed by atoms with E-state index in [1.165, 1.54) is 17.6 Å². The van der Waals surface area contributed by atoms with Crippen LogP contribution in [0.25, 0.3) is 0 Å². The lowest BCUT2D eigenvalue weighted by Crippen LogP contribution is -1.95. The molecule has 0 unspecified atom stereocenters. The Labute approximate surface area is 77.4 Å². The van der Waals surface area contributed by atoms with Crippen LogP contribution >= 0.6 is 0 Å². The lowest BCUT2D eigenvalue weighted by Gasteiger charge is -2.11. The normalized spacial score (nSPS) is 12.9. The molecule has 0 aromatic carbocycles. The van der Waals surface area contributed by atoms with Crippen molar-refractivity contribution in [3.63, 3.8) is 0 Å². The van der Waals surface area contributed by atoms with Crippen LogP contribution in [0.2, 0.25) is 0 Å². The molecule has 0 rings (SSSR count). The van der Waals surface area contributed by atoms with Gasteiger partial charge in [-0.15, -0.1) is 0 Å². The summed E-state index contributed by atoms with van der Waals surface area (Å²) < 4.78 is 0. The van der Waals surface area contributed by atoms with E-state index in [2.05, 4.69) is 47.6 Å². The van der Waals surface area contributed by atoms with E-state index in [1.807, 2.05) is 0 Å². The second kappa shape index (κ2) is 5.18. The van der Waals surface area contributed by atoms with Crippen molar-refractivity contribution in [2.24, 2.45) is 5.92 Å². The van der Waals surface area contributed by atoms with Crippen LogP contribution in [0.5, 0.6) is 0 Å². The average Bonchev–Trinajstić information content (AvgIpc) is 1.85. The van der Waals surface area contributed by atoms with E-state index in [0.717, 1.165) is 0 Å². The molecule has 0 heteroatoms. The van der Waals surface area contributed by atoms with Crippen molar-refractivity contribution in [1.29, 1.82) is 0 Å². The van der Waals surface area contributed by atoms with Gasteiger partial charge in [0.05, 0.1) is 0 Å². The maximum absolute atomic E-state index is 2.28. The van der Waals surface area contributed by atoms with Gasteiger partial charge in [-0.2, -0.15) is 0 Å². The van der Waals surface area contributed by atoms with Crippen LogP contribution in [0.4, 0.5) is 0 Å². The largest absolute Gasteiger partial charge is 0.0762 e.